The Morgan fingerprint density at radius 1 is 1.41 bits per heavy atom. The number of thioether (sulfide) groups is 1. The predicted molar refractivity (Wildman–Crippen MR) is 75.9 cm³/mol. The first-order valence-electron chi connectivity index (χ1n) is 6.40. The molecule has 2 saturated heterocycles. The lowest BCUT2D eigenvalue weighted by Crippen LogP contribution is -2.46. The maximum absolute atomic E-state index is 11.9. The van der Waals surface area contributed by atoms with Crippen LogP contribution in [0.2, 0.25) is 0 Å². The third kappa shape index (κ3) is 4.34. The highest BCUT2D eigenvalue weighted by Gasteiger charge is 2.27. The van der Waals surface area contributed by atoms with Gasteiger partial charge in [-0.3, -0.25) is 4.79 Å². The topological polar surface area (TPSA) is 41.1 Å². The Balaban J connectivity index is 0.00000144. The van der Waals surface area contributed by atoms with E-state index < -0.39 is 0 Å². The standard InChI is InChI=1S/C12H22N2OS.ClH/c1-9(10-4-2-6-13-8-10)14-12(15)11-5-3-7-16-11;/h9-11,13H,2-8H2,1H3,(H,14,15);1H. The normalized spacial score (nSPS) is 30.4. The van der Waals surface area contributed by atoms with Gasteiger partial charge in [0.15, 0.2) is 0 Å². The van der Waals surface area contributed by atoms with Crippen LogP contribution in [0.4, 0.5) is 0 Å². The molecule has 2 N–H and O–H groups in total. The number of rotatable bonds is 3. The second-order valence-corrected chi connectivity index (χ2v) is 6.22. The van der Waals surface area contributed by atoms with Crippen LogP contribution in [0.3, 0.4) is 0 Å². The van der Waals surface area contributed by atoms with E-state index in [9.17, 15) is 4.79 Å². The van der Waals surface area contributed by atoms with Crippen LogP contribution >= 0.6 is 24.2 Å². The number of amides is 1. The van der Waals surface area contributed by atoms with Gasteiger partial charge < -0.3 is 10.6 Å². The Kier molecular flexibility index (Phi) is 6.67. The summed E-state index contributed by atoms with van der Waals surface area (Å²) in [5.74, 6) is 2.03. The maximum atomic E-state index is 11.9. The van der Waals surface area contributed by atoms with Crippen LogP contribution in [-0.4, -0.2) is 36.0 Å². The third-order valence-corrected chi connectivity index (χ3v) is 5.01. The second-order valence-electron chi connectivity index (χ2n) is 4.91. The molecule has 0 aliphatic carbocycles. The van der Waals surface area contributed by atoms with Crippen molar-refractivity contribution in [2.24, 2.45) is 5.92 Å². The van der Waals surface area contributed by atoms with Gasteiger partial charge in [-0.2, -0.15) is 0 Å². The zero-order valence-electron chi connectivity index (χ0n) is 10.4. The summed E-state index contributed by atoms with van der Waals surface area (Å²) in [7, 11) is 0. The van der Waals surface area contributed by atoms with Crippen LogP contribution in [0.5, 0.6) is 0 Å². The number of piperidine rings is 1. The molecule has 3 unspecified atom stereocenters. The molecule has 0 bridgehead atoms. The molecule has 2 fully saturated rings. The van der Waals surface area contributed by atoms with E-state index in [-0.39, 0.29) is 23.6 Å². The molecule has 3 nitrogen and oxygen atoms in total. The SMILES string of the molecule is CC(NC(=O)C1CCCS1)C1CCCNC1.Cl. The quantitative estimate of drug-likeness (QED) is 0.827. The van der Waals surface area contributed by atoms with E-state index in [2.05, 4.69) is 17.6 Å². The summed E-state index contributed by atoms with van der Waals surface area (Å²) in [6.45, 7) is 4.34. The first-order valence-corrected chi connectivity index (χ1v) is 7.45. The van der Waals surface area contributed by atoms with Crippen LogP contribution in [0.1, 0.15) is 32.6 Å². The van der Waals surface area contributed by atoms with E-state index >= 15 is 0 Å². The summed E-state index contributed by atoms with van der Waals surface area (Å²) in [4.78, 5) is 11.9. The molecule has 1 amide bonds. The lowest BCUT2D eigenvalue weighted by molar-refractivity contribution is -0.121. The molecule has 0 spiro atoms. The number of carbonyl (C=O) groups is 1. The van der Waals surface area contributed by atoms with Gasteiger partial charge in [0.25, 0.3) is 0 Å². The van der Waals surface area contributed by atoms with Crippen molar-refractivity contribution in [2.45, 2.75) is 43.9 Å². The zero-order chi connectivity index (χ0) is 11.4. The van der Waals surface area contributed by atoms with Gasteiger partial charge in [-0.25, -0.2) is 0 Å². The minimum atomic E-state index is 0. The third-order valence-electron chi connectivity index (χ3n) is 3.63. The first kappa shape index (κ1) is 15.1. The smallest absolute Gasteiger partial charge is 0.233 e. The maximum Gasteiger partial charge on any atom is 0.233 e. The molecule has 0 aromatic heterocycles. The molecule has 0 aromatic carbocycles. The van der Waals surface area contributed by atoms with E-state index in [1.54, 1.807) is 0 Å². The fourth-order valence-corrected chi connectivity index (χ4v) is 3.70. The second kappa shape index (κ2) is 7.49. The van der Waals surface area contributed by atoms with Gasteiger partial charge in [-0.1, -0.05) is 0 Å². The summed E-state index contributed by atoms with van der Waals surface area (Å²) >= 11 is 1.81. The fraction of sp³-hybridized carbons (Fsp3) is 0.917. The van der Waals surface area contributed by atoms with Crippen molar-refractivity contribution in [3.8, 4) is 0 Å². The monoisotopic (exact) mass is 278 g/mol. The molecule has 0 radical (unpaired) electrons. The Morgan fingerprint density at radius 2 is 2.24 bits per heavy atom. The highest BCUT2D eigenvalue weighted by molar-refractivity contribution is 8.00. The molecule has 2 aliphatic heterocycles. The minimum Gasteiger partial charge on any atom is -0.352 e. The molecule has 2 aliphatic rings. The van der Waals surface area contributed by atoms with Crippen molar-refractivity contribution in [1.82, 2.24) is 10.6 Å². The van der Waals surface area contributed by atoms with E-state index in [1.807, 2.05) is 11.8 Å². The Morgan fingerprint density at radius 3 is 2.82 bits per heavy atom. The summed E-state index contributed by atoms with van der Waals surface area (Å²) in [6.07, 6.45) is 4.74. The van der Waals surface area contributed by atoms with Crippen LogP contribution in [0, 0.1) is 5.92 Å². The Labute approximate surface area is 114 Å². The lowest BCUT2D eigenvalue weighted by atomic mass is 9.92. The molecule has 2 heterocycles. The molecule has 5 heteroatoms. The molecular weight excluding hydrogens is 256 g/mol. The Hall–Kier alpha value is 0.0700. The molecule has 0 aromatic rings. The summed E-state index contributed by atoms with van der Waals surface area (Å²) in [5, 5.41) is 6.82. The number of halogens is 1. The number of carbonyl (C=O) groups excluding carboxylic acids is 1. The Bertz CT molecular complexity index is 241. The predicted octanol–water partition coefficient (Wildman–Crippen LogP) is 1.81. The van der Waals surface area contributed by atoms with Gasteiger partial charge in [-0.15, -0.1) is 24.2 Å². The first-order chi connectivity index (χ1) is 7.77. The number of hydrogen-bond donors (Lipinski definition) is 2. The van der Waals surface area contributed by atoms with E-state index in [0.29, 0.717) is 12.0 Å². The molecule has 0 saturated carbocycles. The van der Waals surface area contributed by atoms with Gasteiger partial charge in [0, 0.05) is 6.04 Å². The molecule has 100 valence electrons. The average molecular weight is 279 g/mol. The van der Waals surface area contributed by atoms with Crippen molar-refractivity contribution in [1.29, 1.82) is 0 Å². The van der Waals surface area contributed by atoms with Crippen LogP contribution in [0.15, 0.2) is 0 Å². The minimum absolute atomic E-state index is 0. The fourth-order valence-electron chi connectivity index (χ4n) is 2.53. The summed E-state index contributed by atoms with van der Waals surface area (Å²) < 4.78 is 0. The van der Waals surface area contributed by atoms with Crippen molar-refractivity contribution in [3.63, 3.8) is 0 Å². The van der Waals surface area contributed by atoms with Gasteiger partial charge in [-0.05, 0) is 57.4 Å². The van der Waals surface area contributed by atoms with Gasteiger partial charge in [0.2, 0.25) is 5.91 Å². The van der Waals surface area contributed by atoms with Crippen molar-refractivity contribution >= 4 is 30.1 Å². The lowest BCUT2D eigenvalue weighted by Gasteiger charge is -2.29. The van der Waals surface area contributed by atoms with Gasteiger partial charge in [0.1, 0.15) is 0 Å². The van der Waals surface area contributed by atoms with Crippen LogP contribution in [-0.2, 0) is 4.79 Å². The van der Waals surface area contributed by atoms with E-state index in [1.165, 1.54) is 19.3 Å². The van der Waals surface area contributed by atoms with E-state index in [0.717, 1.165) is 25.3 Å². The van der Waals surface area contributed by atoms with Crippen molar-refractivity contribution in [3.05, 3.63) is 0 Å². The molecule has 17 heavy (non-hydrogen) atoms. The number of nitrogens with one attached hydrogen (secondary N) is 2. The van der Waals surface area contributed by atoms with Crippen molar-refractivity contribution < 1.29 is 4.79 Å². The number of hydrogen-bond acceptors (Lipinski definition) is 3. The van der Waals surface area contributed by atoms with Crippen molar-refractivity contribution in [2.75, 3.05) is 18.8 Å². The van der Waals surface area contributed by atoms with Crippen LogP contribution in [0.25, 0.3) is 0 Å². The molecular formula is C12H23ClN2OS. The zero-order valence-corrected chi connectivity index (χ0v) is 12.0. The van der Waals surface area contributed by atoms with Gasteiger partial charge in [0.05, 0.1) is 5.25 Å². The summed E-state index contributed by atoms with van der Waals surface area (Å²) in [5.41, 5.74) is 0. The average Bonchev–Trinajstić information content (AvgIpc) is 2.83. The van der Waals surface area contributed by atoms with Crippen LogP contribution < -0.4 is 10.6 Å². The highest BCUT2D eigenvalue weighted by atomic mass is 35.5. The molecule has 3 atom stereocenters. The van der Waals surface area contributed by atoms with Gasteiger partial charge >= 0.3 is 0 Å². The van der Waals surface area contributed by atoms with E-state index in [4.69, 9.17) is 0 Å². The summed E-state index contributed by atoms with van der Waals surface area (Å²) in [6, 6.07) is 0.321. The highest BCUT2D eigenvalue weighted by Crippen LogP contribution is 2.26. The molecule has 2 rings (SSSR count). The largest absolute Gasteiger partial charge is 0.352 e.